The van der Waals surface area contributed by atoms with E-state index in [1.54, 1.807) is 36.3 Å². The van der Waals surface area contributed by atoms with Gasteiger partial charge >= 0.3 is 5.97 Å². The summed E-state index contributed by atoms with van der Waals surface area (Å²) in [6.45, 7) is 5.01. The molecule has 8 nitrogen and oxygen atoms in total. The molecule has 1 saturated carbocycles. The quantitative estimate of drug-likeness (QED) is 0.191. The van der Waals surface area contributed by atoms with Crippen molar-refractivity contribution in [2.24, 2.45) is 11.8 Å². The minimum absolute atomic E-state index is 0.0937. The summed E-state index contributed by atoms with van der Waals surface area (Å²) >= 11 is 8.05. The number of rotatable bonds is 9. The fraction of sp³-hybridized carbons (Fsp3) is 0.528. The van der Waals surface area contributed by atoms with Crippen LogP contribution in [0.15, 0.2) is 60.0 Å². The molecule has 0 radical (unpaired) electrons. The van der Waals surface area contributed by atoms with Crippen LogP contribution in [0.3, 0.4) is 0 Å². The first-order chi connectivity index (χ1) is 22.4. The van der Waals surface area contributed by atoms with Crippen molar-refractivity contribution in [2.75, 3.05) is 37.0 Å². The van der Waals surface area contributed by atoms with E-state index in [-0.39, 0.29) is 29.3 Å². The van der Waals surface area contributed by atoms with E-state index in [2.05, 4.69) is 33.9 Å². The molecule has 6 atom stereocenters. The highest BCUT2D eigenvalue weighted by molar-refractivity contribution is 7.99. The maximum atomic E-state index is 12.0. The number of hydrogen-bond acceptors (Lipinski definition) is 8. The number of fused-ring (bicyclic) bond motifs is 3. The molecule has 1 N–H and O–H groups in total. The van der Waals surface area contributed by atoms with Crippen molar-refractivity contribution in [1.29, 1.82) is 0 Å². The molecule has 2 aromatic carbocycles. The van der Waals surface area contributed by atoms with Gasteiger partial charge in [-0.05, 0) is 105 Å². The molecule has 2 aliphatic carbocycles. The third kappa shape index (κ3) is 6.75. The molecular weight excluding hydrogens is 622 g/mol. The molecule has 7 rings (SSSR count). The number of thioether (sulfide) groups is 1. The first-order valence-corrected chi connectivity index (χ1v) is 17.9. The second-order valence-corrected chi connectivity index (χ2v) is 14.9. The van der Waals surface area contributed by atoms with Gasteiger partial charge in [-0.2, -0.15) is 0 Å². The Kier molecular flexibility index (Phi) is 9.46. The highest BCUT2D eigenvalue weighted by Crippen LogP contribution is 2.47. The van der Waals surface area contributed by atoms with Crippen LogP contribution < -0.4 is 9.64 Å². The van der Waals surface area contributed by atoms with Crippen LogP contribution in [0.4, 0.5) is 5.69 Å². The third-order valence-electron chi connectivity index (χ3n) is 10.4. The molecule has 10 heteroatoms. The number of aromatic carboxylic acids is 1. The van der Waals surface area contributed by atoms with Crippen molar-refractivity contribution in [3.05, 3.63) is 76.6 Å². The molecule has 3 heterocycles. The van der Waals surface area contributed by atoms with Gasteiger partial charge in [-0.1, -0.05) is 29.4 Å². The fourth-order valence-electron chi connectivity index (χ4n) is 7.98. The molecule has 2 aliphatic heterocycles. The SMILES string of the molecule is C[C@H](CSc1ncccn1)O[C@@H]1CCO[C@H]([C@@H]2CC[C@H]2CN2CC3(CCCc4cc(Cl)ccc43)COc3ccc(C(=O)O)cc32)C1. The zero-order valence-corrected chi connectivity index (χ0v) is 27.8. The Morgan fingerprint density at radius 1 is 1.20 bits per heavy atom. The van der Waals surface area contributed by atoms with Crippen LogP contribution in [0.25, 0.3) is 0 Å². The van der Waals surface area contributed by atoms with Crippen LogP contribution in [-0.4, -0.2) is 71.4 Å². The Balaban J connectivity index is 1.07. The van der Waals surface area contributed by atoms with Crippen LogP contribution in [0.1, 0.15) is 66.9 Å². The number of anilines is 1. The van der Waals surface area contributed by atoms with Crippen LogP contribution in [0.5, 0.6) is 5.75 Å². The summed E-state index contributed by atoms with van der Waals surface area (Å²) in [4.78, 5) is 23.1. The molecule has 1 unspecified atom stereocenters. The number of ether oxygens (including phenoxy) is 3. The van der Waals surface area contributed by atoms with Gasteiger partial charge in [0.1, 0.15) is 5.75 Å². The van der Waals surface area contributed by atoms with E-state index in [1.165, 1.54) is 11.1 Å². The third-order valence-corrected chi connectivity index (χ3v) is 11.7. The van der Waals surface area contributed by atoms with E-state index in [9.17, 15) is 9.90 Å². The molecule has 3 aromatic rings. The highest BCUT2D eigenvalue weighted by atomic mass is 35.5. The monoisotopic (exact) mass is 663 g/mol. The molecule has 0 amide bonds. The van der Waals surface area contributed by atoms with Gasteiger partial charge in [0.15, 0.2) is 5.16 Å². The van der Waals surface area contributed by atoms with Gasteiger partial charge in [-0.25, -0.2) is 14.8 Å². The number of hydrogen-bond donors (Lipinski definition) is 1. The van der Waals surface area contributed by atoms with Gasteiger partial charge < -0.3 is 24.2 Å². The van der Waals surface area contributed by atoms with Gasteiger partial charge in [0.05, 0.1) is 36.2 Å². The van der Waals surface area contributed by atoms with Gasteiger partial charge in [0, 0.05) is 54.7 Å². The minimum Gasteiger partial charge on any atom is -0.490 e. The molecule has 1 spiro atoms. The molecular formula is C36H42ClN3O5S. The summed E-state index contributed by atoms with van der Waals surface area (Å²) in [7, 11) is 0. The number of carboxylic acids is 1. The standard InChI is InChI=1S/C36H42ClN3O5S/c1-23(20-46-35-38-13-3-14-39-35)45-28-11-15-43-33(18-28)29-8-5-26(29)19-40-21-36(12-2-4-24-16-27(37)7-9-30(24)36)22-44-32-10-6-25(34(41)42)17-31(32)40/h3,6-7,9-10,13-14,16-17,23,26,28-29,33H,2,4-5,8,11-12,15,18-22H2,1H3,(H,41,42)/t23-,26+,28-,29-,33+,36?/m1/s1. The van der Waals surface area contributed by atoms with Gasteiger partial charge in [0.25, 0.3) is 0 Å². The van der Waals surface area contributed by atoms with E-state index in [4.69, 9.17) is 25.8 Å². The Labute approximate surface area is 280 Å². The average Bonchev–Trinajstić information content (AvgIpc) is 3.19. The Hall–Kier alpha value is -2.85. The topological polar surface area (TPSA) is 94.0 Å². The van der Waals surface area contributed by atoms with E-state index in [0.717, 1.165) is 85.4 Å². The molecule has 46 heavy (non-hydrogen) atoms. The van der Waals surface area contributed by atoms with Crippen LogP contribution in [-0.2, 0) is 21.3 Å². The summed E-state index contributed by atoms with van der Waals surface area (Å²) < 4.78 is 19.5. The molecule has 1 saturated heterocycles. The van der Waals surface area contributed by atoms with Crippen molar-refractivity contribution in [3.63, 3.8) is 0 Å². The van der Waals surface area contributed by atoms with Crippen LogP contribution in [0, 0.1) is 11.8 Å². The molecule has 244 valence electrons. The molecule has 1 aromatic heterocycles. The largest absolute Gasteiger partial charge is 0.490 e. The lowest BCUT2D eigenvalue weighted by Crippen LogP contribution is -2.51. The Bertz CT molecular complexity index is 1550. The van der Waals surface area contributed by atoms with Gasteiger partial charge in [0.2, 0.25) is 0 Å². The predicted octanol–water partition coefficient (Wildman–Crippen LogP) is 7.07. The van der Waals surface area contributed by atoms with E-state index >= 15 is 0 Å². The predicted molar refractivity (Wildman–Crippen MR) is 179 cm³/mol. The fourth-order valence-corrected chi connectivity index (χ4v) is 8.91. The van der Waals surface area contributed by atoms with Crippen molar-refractivity contribution in [3.8, 4) is 5.75 Å². The normalized spacial score (nSPS) is 27.9. The zero-order valence-electron chi connectivity index (χ0n) is 26.3. The lowest BCUT2D eigenvalue weighted by Gasteiger charge is -2.48. The Morgan fingerprint density at radius 3 is 2.87 bits per heavy atom. The number of halogens is 1. The average molecular weight is 664 g/mol. The van der Waals surface area contributed by atoms with E-state index in [0.29, 0.717) is 25.0 Å². The first kappa shape index (κ1) is 31.7. The number of aryl methyl sites for hydroxylation is 1. The van der Waals surface area contributed by atoms with Gasteiger partial charge in [-0.15, -0.1) is 0 Å². The number of benzene rings is 2. The summed E-state index contributed by atoms with van der Waals surface area (Å²) in [6.07, 6.45) is 11.1. The summed E-state index contributed by atoms with van der Waals surface area (Å²) in [6, 6.07) is 13.4. The van der Waals surface area contributed by atoms with E-state index < -0.39 is 5.97 Å². The van der Waals surface area contributed by atoms with E-state index in [1.807, 2.05) is 18.2 Å². The van der Waals surface area contributed by atoms with Crippen LogP contribution >= 0.6 is 23.4 Å². The minimum atomic E-state index is -0.925. The van der Waals surface area contributed by atoms with Crippen molar-refractivity contribution in [2.45, 2.75) is 80.8 Å². The second kappa shape index (κ2) is 13.7. The summed E-state index contributed by atoms with van der Waals surface area (Å²) in [5.74, 6) is 1.53. The summed E-state index contributed by atoms with van der Waals surface area (Å²) in [5, 5.41) is 11.4. The first-order valence-electron chi connectivity index (χ1n) is 16.6. The number of aromatic nitrogens is 2. The smallest absolute Gasteiger partial charge is 0.335 e. The Morgan fingerprint density at radius 2 is 2.07 bits per heavy atom. The van der Waals surface area contributed by atoms with Crippen molar-refractivity contribution in [1.82, 2.24) is 9.97 Å². The zero-order chi connectivity index (χ0) is 31.7. The number of nitrogens with zero attached hydrogens (tertiary/aromatic N) is 3. The van der Waals surface area contributed by atoms with Crippen LogP contribution in [0.2, 0.25) is 5.02 Å². The number of carboxylic acid groups (broad SMARTS) is 1. The molecule has 0 bridgehead atoms. The van der Waals surface area contributed by atoms with Crippen molar-refractivity contribution < 1.29 is 24.1 Å². The van der Waals surface area contributed by atoms with Gasteiger partial charge in [-0.3, -0.25) is 0 Å². The molecule has 4 aliphatic rings. The highest BCUT2D eigenvalue weighted by Gasteiger charge is 2.45. The molecule has 2 fully saturated rings. The lowest BCUT2D eigenvalue weighted by molar-refractivity contribution is -0.126. The lowest BCUT2D eigenvalue weighted by atomic mass is 9.67. The van der Waals surface area contributed by atoms with Crippen molar-refractivity contribution >= 4 is 35.0 Å². The number of carbonyl (C=O) groups is 1. The summed E-state index contributed by atoms with van der Waals surface area (Å²) in [5.41, 5.74) is 3.57. The second-order valence-electron chi connectivity index (χ2n) is 13.4. The maximum Gasteiger partial charge on any atom is 0.335 e. The maximum absolute atomic E-state index is 12.0.